The third-order valence-corrected chi connectivity index (χ3v) is 8.18. The number of para-hydroxylation sites is 1. The molecule has 0 saturated heterocycles. The van der Waals surface area contributed by atoms with Crippen molar-refractivity contribution in [1.82, 2.24) is 4.57 Å². The first-order valence-corrected chi connectivity index (χ1v) is 14.9. The Morgan fingerprint density at radius 1 is 1.07 bits per heavy atom. The van der Waals surface area contributed by atoms with Crippen LogP contribution in [0.3, 0.4) is 0 Å². The van der Waals surface area contributed by atoms with Crippen molar-refractivity contribution in [3.8, 4) is 17.2 Å². The first-order valence-electron chi connectivity index (χ1n) is 13.3. The van der Waals surface area contributed by atoms with E-state index < -0.39 is 6.04 Å². The van der Waals surface area contributed by atoms with E-state index in [1.807, 2.05) is 80.6 Å². The van der Waals surface area contributed by atoms with Gasteiger partial charge in [-0.15, -0.1) is 0 Å². The molecule has 1 amide bonds. The second-order valence-electron chi connectivity index (χ2n) is 9.88. The molecule has 1 N–H and O–H groups in total. The Kier molecular flexibility index (Phi) is 8.65. The van der Waals surface area contributed by atoms with Crippen LogP contribution in [0.15, 0.2) is 92.3 Å². The standard InChI is InChI=1S/C32H30BrN3O5S/c1-18(2)41-29-24(33)14-20(15-25(29)40-5)16-26-31(38)36-28(21-10-9-13-23(17-21)39-4)27(19(3)34-32(36)42-26)30(37)35-22-11-7-6-8-12-22/h6-18,28H,1-5H3,(H,35,37)/b26-16-/t28-/m1/s1. The smallest absolute Gasteiger partial charge is 0.271 e. The lowest BCUT2D eigenvalue weighted by molar-refractivity contribution is -0.113. The van der Waals surface area contributed by atoms with Crippen molar-refractivity contribution in [1.29, 1.82) is 0 Å². The Bertz CT molecular complexity index is 1860. The molecule has 0 aliphatic carbocycles. The number of hydrogen-bond acceptors (Lipinski definition) is 7. The molecule has 0 unspecified atom stereocenters. The molecule has 4 aromatic rings. The number of ether oxygens (including phenoxy) is 3. The van der Waals surface area contributed by atoms with E-state index in [0.717, 1.165) is 11.1 Å². The molecule has 1 aliphatic heterocycles. The average molecular weight is 649 g/mol. The molecule has 1 aliphatic rings. The van der Waals surface area contributed by atoms with Crippen molar-refractivity contribution in [2.24, 2.45) is 4.99 Å². The number of halogens is 1. The topological polar surface area (TPSA) is 91.2 Å². The third-order valence-electron chi connectivity index (χ3n) is 6.61. The predicted octanol–water partition coefficient (Wildman–Crippen LogP) is 5.44. The summed E-state index contributed by atoms with van der Waals surface area (Å²) in [5, 5.41) is 2.97. The van der Waals surface area contributed by atoms with E-state index in [-0.39, 0.29) is 17.6 Å². The number of anilines is 1. The van der Waals surface area contributed by atoms with Crippen LogP contribution in [0, 0.1) is 0 Å². The Balaban J connectivity index is 1.66. The first-order chi connectivity index (χ1) is 20.2. The van der Waals surface area contributed by atoms with E-state index in [0.29, 0.717) is 48.0 Å². The number of aromatic nitrogens is 1. The summed E-state index contributed by atoms with van der Waals surface area (Å²) in [4.78, 5) is 33.0. The van der Waals surface area contributed by atoms with Crippen molar-refractivity contribution < 1.29 is 19.0 Å². The second-order valence-corrected chi connectivity index (χ2v) is 11.7. The van der Waals surface area contributed by atoms with Crippen LogP contribution in [-0.2, 0) is 4.79 Å². The molecule has 10 heteroatoms. The molecule has 0 saturated carbocycles. The molecule has 0 fully saturated rings. The van der Waals surface area contributed by atoms with E-state index >= 15 is 0 Å². The molecule has 2 heterocycles. The lowest BCUT2D eigenvalue weighted by Crippen LogP contribution is -2.40. The number of carbonyl (C=O) groups excluding carboxylic acids is 1. The summed E-state index contributed by atoms with van der Waals surface area (Å²) in [6.45, 7) is 5.67. The van der Waals surface area contributed by atoms with Gasteiger partial charge in [0, 0.05) is 5.69 Å². The molecule has 0 radical (unpaired) electrons. The largest absolute Gasteiger partial charge is 0.497 e. The van der Waals surface area contributed by atoms with Crippen molar-refractivity contribution >= 4 is 44.9 Å². The van der Waals surface area contributed by atoms with E-state index in [2.05, 4.69) is 21.2 Å². The fourth-order valence-corrected chi connectivity index (χ4v) is 6.38. The Labute approximate surface area is 255 Å². The van der Waals surface area contributed by atoms with E-state index in [1.165, 1.54) is 11.3 Å². The molecular formula is C32H30BrN3O5S. The van der Waals surface area contributed by atoms with Gasteiger partial charge in [0.1, 0.15) is 5.75 Å². The van der Waals surface area contributed by atoms with Crippen LogP contribution in [0.5, 0.6) is 17.2 Å². The lowest BCUT2D eigenvalue weighted by atomic mass is 9.95. The van der Waals surface area contributed by atoms with Crippen molar-refractivity contribution in [3.05, 3.63) is 113 Å². The molecule has 0 spiro atoms. The molecule has 216 valence electrons. The van der Waals surface area contributed by atoms with Gasteiger partial charge in [0.15, 0.2) is 16.3 Å². The third kappa shape index (κ3) is 5.91. The average Bonchev–Trinajstić information content (AvgIpc) is 3.27. The maximum atomic E-state index is 14.1. The highest BCUT2D eigenvalue weighted by Crippen LogP contribution is 2.38. The van der Waals surface area contributed by atoms with Gasteiger partial charge in [-0.25, -0.2) is 4.99 Å². The second kappa shape index (κ2) is 12.4. The van der Waals surface area contributed by atoms with Gasteiger partial charge in [-0.05, 0) is 90.3 Å². The zero-order valence-electron chi connectivity index (χ0n) is 23.8. The van der Waals surface area contributed by atoms with Crippen molar-refractivity contribution in [2.75, 3.05) is 19.5 Å². The molecule has 42 heavy (non-hydrogen) atoms. The van der Waals surface area contributed by atoms with Crippen LogP contribution in [0.1, 0.15) is 37.9 Å². The Morgan fingerprint density at radius 2 is 1.83 bits per heavy atom. The molecule has 0 bridgehead atoms. The number of nitrogens with one attached hydrogen (secondary N) is 1. The summed E-state index contributed by atoms with van der Waals surface area (Å²) in [5.74, 6) is 1.42. The fourth-order valence-electron chi connectivity index (χ4n) is 4.78. The molecular weight excluding hydrogens is 618 g/mol. The number of allylic oxidation sites excluding steroid dienone is 1. The minimum atomic E-state index is -0.717. The highest BCUT2D eigenvalue weighted by molar-refractivity contribution is 9.10. The number of carbonyl (C=O) groups is 1. The van der Waals surface area contributed by atoms with Gasteiger partial charge in [0.2, 0.25) is 0 Å². The summed E-state index contributed by atoms with van der Waals surface area (Å²) < 4.78 is 19.7. The highest BCUT2D eigenvalue weighted by Gasteiger charge is 2.32. The SMILES string of the molecule is COc1cccc([C@@H]2C(C(=O)Nc3ccccc3)=C(C)N=c3s/c(=C\c4cc(Br)c(OC(C)C)c(OC)c4)c(=O)n32)c1. The molecule has 5 rings (SSSR count). The lowest BCUT2D eigenvalue weighted by Gasteiger charge is -2.25. The van der Waals surface area contributed by atoms with Gasteiger partial charge in [-0.3, -0.25) is 14.2 Å². The highest BCUT2D eigenvalue weighted by atomic mass is 79.9. The number of methoxy groups -OCH3 is 2. The quantitative estimate of drug-likeness (QED) is 0.275. The van der Waals surface area contributed by atoms with Crippen LogP contribution in [-0.4, -0.2) is 30.8 Å². The van der Waals surface area contributed by atoms with E-state index in [1.54, 1.807) is 31.8 Å². The molecule has 8 nitrogen and oxygen atoms in total. The monoisotopic (exact) mass is 647 g/mol. The summed E-state index contributed by atoms with van der Waals surface area (Å²) in [5.41, 5.74) is 2.77. The predicted molar refractivity (Wildman–Crippen MR) is 168 cm³/mol. The van der Waals surface area contributed by atoms with Gasteiger partial charge < -0.3 is 19.5 Å². The molecule has 1 aromatic heterocycles. The zero-order chi connectivity index (χ0) is 30.0. The fraction of sp³-hybridized carbons (Fsp3) is 0.219. The van der Waals surface area contributed by atoms with Crippen molar-refractivity contribution in [2.45, 2.75) is 32.9 Å². The summed E-state index contributed by atoms with van der Waals surface area (Å²) in [6.07, 6.45) is 1.75. The van der Waals surface area contributed by atoms with Crippen LogP contribution >= 0.6 is 27.3 Å². The first kappa shape index (κ1) is 29.3. The number of fused-ring (bicyclic) bond motifs is 1. The van der Waals surface area contributed by atoms with E-state index in [9.17, 15) is 9.59 Å². The van der Waals surface area contributed by atoms with Crippen LogP contribution in [0.4, 0.5) is 5.69 Å². The normalized spacial score (nSPS) is 14.8. The number of rotatable bonds is 8. The van der Waals surface area contributed by atoms with Crippen LogP contribution in [0.25, 0.3) is 6.08 Å². The number of nitrogens with zero attached hydrogens (tertiary/aromatic N) is 2. The molecule has 1 atom stereocenters. The maximum Gasteiger partial charge on any atom is 0.271 e. The van der Waals surface area contributed by atoms with Gasteiger partial charge in [0.25, 0.3) is 11.5 Å². The zero-order valence-corrected chi connectivity index (χ0v) is 26.2. The summed E-state index contributed by atoms with van der Waals surface area (Å²) in [6, 6.07) is 19.6. The number of hydrogen-bond donors (Lipinski definition) is 1. The van der Waals surface area contributed by atoms with Gasteiger partial charge >= 0.3 is 0 Å². The number of benzene rings is 3. The maximum absolute atomic E-state index is 14.1. The van der Waals surface area contributed by atoms with Crippen LogP contribution in [0.2, 0.25) is 0 Å². The summed E-state index contributed by atoms with van der Waals surface area (Å²) >= 11 is 4.85. The Morgan fingerprint density at radius 3 is 2.52 bits per heavy atom. The summed E-state index contributed by atoms with van der Waals surface area (Å²) in [7, 11) is 3.16. The minimum Gasteiger partial charge on any atom is -0.497 e. The Hall–Kier alpha value is -4.15. The molecule has 3 aromatic carbocycles. The number of thiazole rings is 1. The van der Waals surface area contributed by atoms with Crippen LogP contribution < -0.4 is 34.4 Å². The van der Waals surface area contributed by atoms with Crippen molar-refractivity contribution in [3.63, 3.8) is 0 Å². The van der Waals surface area contributed by atoms with Gasteiger partial charge in [0.05, 0.1) is 46.6 Å². The van der Waals surface area contributed by atoms with Gasteiger partial charge in [-0.1, -0.05) is 41.7 Å². The number of amides is 1. The van der Waals surface area contributed by atoms with Gasteiger partial charge in [-0.2, -0.15) is 0 Å². The van der Waals surface area contributed by atoms with E-state index in [4.69, 9.17) is 19.2 Å². The minimum absolute atomic E-state index is 0.0436.